The summed E-state index contributed by atoms with van der Waals surface area (Å²) >= 11 is 0. The summed E-state index contributed by atoms with van der Waals surface area (Å²) in [5, 5.41) is 9.19. The Morgan fingerprint density at radius 3 is 2.48 bits per heavy atom. The maximum atomic E-state index is 9.19. The zero-order valence-electron chi connectivity index (χ0n) is 15.3. The molecule has 0 saturated carbocycles. The first-order chi connectivity index (χ1) is 12.0. The molecule has 25 heavy (non-hydrogen) atoms. The third-order valence-electron chi connectivity index (χ3n) is 4.84. The minimum atomic E-state index is 0.419. The first-order valence-electron chi connectivity index (χ1n) is 8.65. The highest BCUT2D eigenvalue weighted by atomic mass is 15.2. The van der Waals surface area contributed by atoms with Crippen molar-refractivity contribution >= 4 is 11.6 Å². The summed E-state index contributed by atoms with van der Waals surface area (Å²) in [5.74, 6) is 2.71. The molecular formula is C19H24N6. The fourth-order valence-corrected chi connectivity index (χ4v) is 3.36. The number of rotatable bonds is 3. The first kappa shape index (κ1) is 17.2. The van der Waals surface area contributed by atoms with Crippen molar-refractivity contribution in [3.8, 4) is 6.07 Å². The molecule has 3 rings (SSSR count). The van der Waals surface area contributed by atoms with Crippen LogP contribution < -0.4 is 9.80 Å². The molecule has 130 valence electrons. The molecule has 3 heterocycles. The standard InChI is InChI=1S/C19H24N6/c1-13-5-6-18(23-17(13)12-20)24(4)16-7-9-25(10-8-16)19-11-14(2)21-15(3)22-19/h5-6,11,16H,7-10H2,1-4H3. The molecule has 6 heteroatoms. The van der Waals surface area contributed by atoms with Gasteiger partial charge in [0.25, 0.3) is 0 Å². The van der Waals surface area contributed by atoms with Gasteiger partial charge in [-0.3, -0.25) is 0 Å². The first-order valence-corrected chi connectivity index (χ1v) is 8.65. The van der Waals surface area contributed by atoms with Crippen LogP contribution in [-0.2, 0) is 0 Å². The molecule has 6 nitrogen and oxygen atoms in total. The van der Waals surface area contributed by atoms with Crippen molar-refractivity contribution in [2.75, 3.05) is 29.9 Å². The summed E-state index contributed by atoms with van der Waals surface area (Å²) < 4.78 is 0. The second kappa shape index (κ2) is 7.06. The summed E-state index contributed by atoms with van der Waals surface area (Å²) in [6, 6.07) is 8.62. The number of anilines is 2. The lowest BCUT2D eigenvalue weighted by atomic mass is 10.0. The monoisotopic (exact) mass is 336 g/mol. The molecule has 1 fully saturated rings. The normalized spacial score (nSPS) is 15.1. The zero-order chi connectivity index (χ0) is 18.0. The lowest BCUT2D eigenvalue weighted by Crippen LogP contribution is -2.44. The van der Waals surface area contributed by atoms with E-state index in [1.165, 1.54) is 0 Å². The highest BCUT2D eigenvalue weighted by Crippen LogP contribution is 2.24. The van der Waals surface area contributed by atoms with Crippen LogP contribution in [0.2, 0.25) is 0 Å². The number of nitriles is 1. The van der Waals surface area contributed by atoms with Crippen molar-refractivity contribution in [1.82, 2.24) is 15.0 Å². The molecule has 0 N–H and O–H groups in total. The van der Waals surface area contributed by atoms with Crippen molar-refractivity contribution in [2.24, 2.45) is 0 Å². The smallest absolute Gasteiger partial charge is 0.145 e. The Morgan fingerprint density at radius 2 is 1.84 bits per heavy atom. The average molecular weight is 336 g/mol. The van der Waals surface area contributed by atoms with E-state index in [2.05, 4.69) is 43.9 Å². The third kappa shape index (κ3) is 3.71. The topological polar surface area (TPSA) is 68.9 Å². The Kier molecular flexibility index (Phi) is 4.84. The van der Waals surface area contributed by atoms with Crippen LogP contribution in [0.3, 0.4) is 0 Å². The molecule has 0 aliphatic carbocycles. The van der Waals surface area contributed by atoms with E-state index in [0.717, 1.165) is 54.6 Å². The molecule has 0 unspecified atom stereocenters. The number of nitrogens with zero attached hydrogens (tertiary/aromatic N) is 6. The number of aromatic nitrogens is 3. The van der Waals surface area contributed by atoms with Gasteiger partial charge < -0.3 is 9.80 Å². The van der Waals surface area contributed by atoms with Crippen molar-refractivity contribution < 1.29 is 0 Å². The van der Waals surface area contributed by atoms with Gasteiger partial charge in [0.15, 0.2) is 0 Å². The van der Waals surface area contributed by atoms with Crippen molar-refractivity contribution in [1.29, 1.82) is 5.26 Å². The van der Waals surface area contributed by atoms with Crippen molar-refractivity contribution in [2.45, 2.75) is 39.7 Å². The average Bonchev–Trinajstić information content (AvgIpc) is 2.61. The Hall–Kier alpha value is -2.68. The van der Waals surface area contributed by atoms with Crippen LogP contribution in [-0.4, -0.2) is 41.1 Å². The Balaban J connectivity index is 1.68. The Labute approximate surface area is 149 Å². The summed E-state index contributed by atoms with van der Waals surface area (Å²) in [6.07, 6.45) is 2.08. The largest absolute Gasteiger partial charge is 0.357 e. The second-order valence-corrected chi connectivity index (χ2v) is 6.69. The van der Waals surface area contributed by atoms with Gasteiger partial charge in [-0.1, -0.05) is 6.07 Å². The van der Waals surface area contributed by atoms with Crippen LogP contribution in [0, 0.1) is 32.1 Å². The SMILES string of the molecule is Cc1cc(N2CCC(N(C)c3ccc(C)c(C#N)n3)CC2)nc(C)n1. The number of piperidine rings is 1. The number of pyridine rings is 1. The van der Waals surface area contributed by atoms with Gasteiger partial charge in [0.05, 0.1) is 0 Å². The molecule has 1 saturated heterocycles. The van der Waals surface area contributed by atoms with Gasteiger partial charge in [0, 0.05) is 37.9 Å². The summed E-state index contributed by atoms with van der Waals surface area (Å²) in [6.45, 7) is 7.78. The van der Waals surface area contributed by atoms with Crippen LogP contribution in [0.4, 0.5) is 11.6 Å². The van der Waals surface area contributed by atoms with E-state index < -0.39 is 0 Å². The van der Waals surface area contributed by atoms with Crippen LogP contribution in [0.25, 0.3) is 0 Å². The van der Waals surface area contributed by atoms with Gasteiger partial charge in [-0.2, -0.15) is 5.26 Å². The fourth-order valence-electron chi connectivity index (χ4n) is 3.36. The maximum absolute atomic E-state index is 9.19. The predicted octanol–water partition coefficient (Wildman–Crippen LogP) is 2.77. The van der Waals surface area contributed by atoms with Gasteiger partial charge in [0.2, 0.25) is 0 Å². The number of hydrogen-bond donors (Lipinski definition) is 0. The fraction of sp³-hybridized carbons (Fsp3) is 0.474. The van der Waals surface area contributed by atoms with Gasteiger partial charge in [-0.25, -0.2) is 15.0 Å². The maximum Gasteiger partial charge on any atom is 0.145 e. The van der Waals surface area contributed by atoms with Crippen molar-refractivity contribution in [3.63, 3.8) is 0 Å². The van der Waals surface area contributed by atoms with Gasteiger partial charge in [0.1, 0.15) is 29.2 Å². The molecule has 0 amide bonds. The molecule has 2 aromatic rings. The van der Waals surface area contributed by atoms with Crippen LogP contribution in [0.15, 0.2) is 18.2 Å². The predicted molar refractivity (Wildman–Crippen MR) is 98.8 cm³/mol. The number of hydrogen-bond acceptors (Lipinski definition) is 6. The van der Waals surface area contributed by atoms with Gasteiger partial charge in [-0.15, -0.1) is 0 Å². The minimum absolute atomic E-state index is 0.419. The molecule has 1 aliphatic heterocycles. The van der Waals surface area contributed by atoms with E-state index in [4.69, 9.17) is 0 Å². The summed E-state index contributed by atoms with van der Waals surface area (Å²) in [5.41, 5.74) is 2.44. The van der Waals surface area contributed by atoms with Crippen LogP contribution in [0.5, 0.6) is 0 Å². The van der Waals surface area contributed by atoms with E-state index in [-0.39, 0.29) is 0 Å². The molecule has 0 spiro atoms. The Bertz CT molecular complexity index is 782. The van der Waals surface area contributed by atoms with E-state index in [9.17, 15) is 5.26 Å². The minimum Gasteiger partial charge on any atom is -0.357 e. The lowest BCUT2D eigenvalue weighted by molar-refractivity contribution is 0.477. The molecular weight excluding hydrogens is 312 g/mol. The zero-order valence-corrected chi connectivity index (χ0v) is 15.3. The molecule has 2 aromatic heterocycles. The van der Waals surface area contributed by atoms with E-state index in [1.807, 2.05) is 32.9 Å². The number of aryl methyl sites for hydroxylation is 3. The molecule has 0 aromatic carbocycles. The van der Waals surface area contributed by atoms with E-state index >= 15 is 0 Å². The summed E-state index contributed by atoms with van der Waals surface area (Å²) in [4.78, 5) is 18.0. The van der Waals surface area contributed by atoms with E-state index in [0.29, 0.717) is 11.7 Å². The van der Waals surface area contributed by atoms with Crippen LogP contribution in [0.1, 0.15) is 35.6 Å². The van der Waals surface area contributed by atoms with Crippen LogP contribution >= 0.6 is 0 Å². The second-order valence-electron chi connectivity index (χ2n) is 6.69. The highest BCUT2D eigenvalue weighted by Gasteiger charge is 2.24. The molecule has 1 aliphatic rings. The summed E-state index contributed by atoms with van der Waals surface area (Å²) in [7, 11) is 2.07. The van der Waals surface area contributed by atoms with Gasteiger partial charge >= 0.3 is 0 Å². The van der Waals surface area contributed by atoms with E-state index in [1.54, 1.807) is 0 Å². The Morgan fingerprint density at radius 1 is 1.12 bits per heavy atom. The highest BCUT2D eigenvalue weighted by molar-refractivity contribution is 5.46. The molecule has 0 atom stereocenters. The third-order valence-corrected chi connectivity index (χ3v) is 4.84. The lowest BCUT2D eigenvalue weighted by Gasteiger charge is -2.38. The molecule has 0 bridgehead atoms. The van der Waals surface area contributed by atoms with Crippen molar-refractivity contribution in [3.05, 3.63) is 41.0 Å². The quantitative estimate of drug-likeness (QED) is 0.858. The van der Waals surface area contributed by atoms with Gasteiger partial charge in [-0.05, 0) is 45.2 Å². The molecule has 0 radical (unpaired) electrons.